The van der Waals surface area contributed by atoms with Crippen molar-refractivity contribution in [2.24, 2.45) is 0 Å². The number of para-hydroxylation sites is 1. The molecule has 0 unspecified atom stereocenters. The second kappa shape index (κ2) is 12.7. The molecule has 0 radical (unpaired) electrons. The van der Waals surface area contributed by atoms with E-state index in [1.807, 2.05) is 90.8 Å². The quantitative estimate of drug-likeness (QED) is 0.297. The molecule has 0 saturated carbocycles. The number of rotatable bonds is 11. The van der Waals surface area contributed by atoms with Crippen molar-refractivity contribution in [2.75, 3.05) is 38.7 Å². The number of benzene rings is 3. The number of ether oxygens (including phenoxy) is 1. The van der Waals surface area contributed by atoms with Crippen LogP contribution in [0.15, 0.2) is 85.1 Å². The highest BCUT2D eigenvalue weighted by molar-refractivity contribution is 5.92. The number of fused-ring (bicyclic) bond motifs is 1. The summed E-state index contributed by atoms with van der Waals surface area (Å²) >= 11 is 0. The molecule has 4 aromatic rings. The third-order valence-electron chi connectivity index (χ3n) is 6.34. The van der Waals surface area contributed by atoms with E-state index >= 15 is 0 Å². The summed E-state index contributed by atoms with van der Waals surface area (Å²) in [6, 6.07) is 25.4. The number of methoxy groups -OCH3 is 1. The standard InChI is InChI=1S/C30H34N4O3/c1-23-9-8-12-26(19-23)32-30(36)34(17-18-37-2)22-29(35)33(21-24-10-4-3-5-11-24)16-15-25-20-31-28-14-7-6-13-27(25)28/h3-14,19-20,31H,15-18,21-22H2,1-2H3,(H,32,36). The first-order valence-corrected chi connectivity index (χ1v) is 12.5. The zero-order valence-electron chi connectivity index (χ0n) is 21.4. The van der Waals surface area contributed by atoms with Crippen LogP contribution in [0.4, 0.5) is 10.5 Å². The van der Waals surface area contributed by atoms with Crippen LogP contribution in [0.2, 0.25) is 0 Å². The van der Waals surface area contributed by atoms with Gasteiger partial charge in [-0.05, 0) is 48.2 Å². The summed E-state index contributed by atoms with van der Waals surface area (Å²) in [5.74, 6) is -0.112. The van der Waals surface area contributed by atoms with Crippen LogP contribution in [0.3, 0.4) is 0 Å². The minimum atomic E-state index is -0.327. The van der Waals surface area contributed by atoms with Crippen molar-refractivity contribution in [3.05, 3.63) is 102 Å². The molecule has 0 atom stereocenters. The van der Waals surface area contributed by atoms with Gasteiger partial charge in [0.25, 0.3) is 0 Å². The lowest BCUT2D eigenvalue weighted by Crippen LogP contribution is -2.46. The molecule has 3 amide bonds. The van der Waals surface area contributed by atoms with Crippen molar-refractivity contribution in [1.82, 2.24) is 14.8 Å². The molecule has 0 aliphatic rings. The lowest BCUT2D eigenvalue weighted by Gasteiger charge is -2.28. The summed E-state index contributed by atoms with van der Waals surface area (Å²) in [4.78, 5) is 33.4. The molecule has 0 spiro atoms. The largest absolute Gasteiger partial charge is 0.383 e. The number of H-pyrrole nitrogens is 1. The second-order valence-electron chi connectivity index (χ2n) is 9.12. The highest BCUT2D eigenvalue weighted by atomic mass is 16.5. The first kappa shape index (κ1) is 26.0. The molecular weight excluding hydrogens is 464 g/mol. The first-order valence-electron chi connectivity index (χ1n) is 12.5. The number of carbonyl (C=O) groups is 2. The lowest BCUT2D eigenvalue weighted by molar-refractivity contribution is -0.132. The third kappa shape index (κ3) is 7.21. The maximum absolute atomic E-state index is 13.6. The Morgan fingerprint density at radius 2 is 1.70 bits per heavy atom. The minimum absolute atomic E-state index is 0.0400. The number of urea groups is 1. The van der Waals surface area contributed by atoms with E-state index in [1.54, 1.807) is 7.11 Å². The average molecular weight is 499 g/mol. The van der Waals surface area contributed by atoms with Crippen molar-refractivity contribution in [2.45, 2.75) is 19.9 Å². The summed E-state index contributed by atoms with van der Waals surface area (Å²) < 4.78 is 5.22. The van der Waals surface area contributed by atoms with Gasteiger partial charge in [0.2, 0.25) is 5.91 Å². The number of carbonyl (C=O) groups excluding carboxylic acids is 2. The number of amides is 3. The molecule has 192 valence electrons. The molecule has 1 heterocycles. The summed E-state index contributed by atoms with van der Waals surface area (Å²) in [5, 5.41) is 4.08. The number of nitrogens with zero attached hydrogens (tertiary/aromatic N) is 2. The van der Waals surface area contributed by atoms with Crippen LogP contribution >= 0.6 is 0 Å². The maximum atomic E-state index is 13.6. The Morgan fingerprint density at radius 1 is 0.919 bits per heavy atom. The molecule has 37 heavy (non-hydrogen) atoms. The molecule has 4 rings (SSSR count). The maximum Gasteiger partial charge on any atom is 0.322 e. The van der Waals surface area contributed by atoms with Gasteiger partial charge in [0.15, 0.2) is 0 Å². The van der Waals surface area contributed by atoms with E-state index in [4.69, 9.17) is 4.74 Å². The Hall–Kier alpha value is -4.10. The Labute approximate surface area is 218 Å². The monoisotopic (exact) mass is 498 g/mol. The second-order valence-corrected chi connectivity index (χ2v) is 9.12. The van der Waals surface area contributed by atoms with Crippen molar-refractivity contribution in [3.8, 4) is 0 Å². The molecule has 7 heteroatoms. The summed E-state index contributed by atoms with van der Waals surface area (Å²) in [6.45, 7) is 3.58. The highest BCUT2D eigenvalue weighted by Crippen LogP contribution is 2.19. The van der Waals surface area contributed by atoms with Gasteiger partial charge in [-0.15, -0.1) is 0 Å². The fourth-order valence-corrected chi connectivity index (χ4v) is 4.33. The molecule has 0 bridgehead atoms. The van der Waals surface area contributed by atoms with Gasteiger partial charge in [-0.3, -0.25) is 4.79 Å². The van der Waals surface area contributed by atoms with E-state index in [0.29, 0.717) is 38.3 Å². The third-order valence-corrected chi connectivity index (χ3v) is 6.34. The predicted molar refractivity (Wildman–Crippen MR) is 148 cm³/mol. The Morgan fingerprint density at radius 3 is 2.49 bits per heavy atom. The van der Waals surface area contributed by atoms with Gasteiger partial charge in [-0.1, -0.05) is 60.7 Å². The summed E-state index contributed by atoms with van der Waals surface area (Å²) in [5.41, 5.74) is 5.03. The Balaban J connectivity index is 1.49. The van der Waals surface area contributed by atoms with E-state index in [-0.39, 0.29) is 18.5 Å². The Kier molecular flexibility index (Phi) is 8.94. The van der Waals surface area contributed by atoms with Gasteiger partial charge in [0.05, 0.1) is 6.61 Å². The van der Waals surface area contributed by atoms with Gasteiger partial charge in [0, 0.05) is 49.5 Å². The van der Waals surface area contributed by atoms with Crippen LogP contribution in [-0.4, -0.2) is 60.1 Å². The fraction of sp³-hybridized carbons (Fsp3) is 0.267. The van der Waals surface area contributed by atoms with Gasteiger partial charge in [-0.25, -0.2) is 4.79 Å². The topological polar surface area (TPSA) is 77.7 Å². The van der Waals surface area contributed by atoms with Crippen LogP contribution in [0, 0.1) is 6.92 Å². The number of aromatic nitrogens is 1. The normalized spacial score (nSPS) is 10.9. The summed E-state index contributed by atoms with van der Waals surface area (Å²) in [7, 11) is 1.58. The van der Waals surface area contributed by atoms with E-state index in [9.17, 15) is 9.59 Å². The van der Waals surface area contributed by atoms with Crippen molar-refractivity contribution in [3.63, 3.8) is 0 Å². The number of aromatic amines is 1. The Bertz CT molecular complexity index is 1320. The van der Waals surface area contributed by atoms with Crippen molar-refractivity contribution < 1.29 is 14.3 Å². The van der Waals surface area contributed by atoms with Crippen LogP contribution in [0.25, 0.3) is 10.9 Å². The number of hydrogen-bond donors (Lipinski definition) is 2. The number of hydrogen-bond acceptors (Lipinski definition) is 3. The zero-order valence-corrected chi connectivity index (χ0v) is 21.4. The molecule has 7 nitrogen and oxygen atoms in total. The van der Waals surface area contributed by atoms with E-state index in [0.717, 1.165) is 27.6 Å². The smallest absolute Gasteiger partial charge is 0.322 e. The minimum Gasteiger partial charge on any atom is -0.383 e. The molecule has 2 N–H and O–H groups in total. The molecular formula is C30H34N4O3. The number of aryl methyl sites for hydroxylation is 1. The number of anilines is 1. The van der Waals surface area contributed by atoms with Crippen LogP contribution in [-0.2, 0) is 22.5 Å². The molecule has 0 saturated heterocycles. The fourth-order valence-electron chi connectivity index (χ4n) is 4.33. The molecule has 0 aliphatic carbocycles. The first-order chi connectivity index (χ1) is 18.0. The van der Waals surface area contributed by atoms with Gasteiger partial charge < -0.3 is 24.8 Å². The van der Waals surface area contributed by atoms with Gasteiger partial charge in [0.1, 0.15) is 6.54 Å². The average Bonchev–Trinajstić information content (AvgIpc) is 3.32. The van der Waals surface area contributed by atoms with Crippen molar-refractivity contribution in [1.29, 1.82) is 0 Å². The lowest BCUT2D eigenvalue weighted by atomic mass is 10.1. The molecule has 3 aromatic carbocycles. The van der Waals surface area contributed by atoms with Gasteiger partial charge >= 0.3 is 6.03 Å². The van der Waals surface area contributed by atoms with E-state index in [1.165, 1.54) is 4.90 Å². The van der Waals surface area contributed by atoms with Crippen LogP contribution in [0.5, 0.6) is 0 Å². The van der Waals surface area contributed by atoms with Gasteiger partial charge in [-0.2, -0.15) is 0 Å². The molecule has 1 aromatic heterocycles. The van der Waals surface area contributed by atoms with E-state index < -0.39 is 0 Å². The highest BCUT2D eigenvalue weighted by Gasteiger charge is 2.22. The van der Waals surface area contributed by atoms with E-state index in [2.05, 4.69) is 16.4 Å². The number of nitrogens with one attached hydrogen (secondary N) is 2. The molecule has 0 aliphatic heterocycles. The van der Waals surface area contributed by atoms with Crippen LogP contribution in [0.1, 0.15) is 16.7 Å². The molecule has 0 fully saturated rings. The van der Waals surface area contributed by atoms with Crippen LogP contribution < -0.4 is 5.32 Å². The zero-order chi connectivity index (χ0) is 26.0. The van der Waals surface area contributed by atoms with Crippen molar-refractivity contribution >= 4 is 28.5 Å². The summed E-state index contributed by atoms with van der Waals surface area (Å²) in [6.07, 6.45) is 2.71. The predicted octanol–water partition coefficient (Wildman–Crippen LogP) is 5.23. The SMILES string of the molecule is COCCN(CC(=O)N(CCc1c[nH]c2ccccc12)Cc1ccccc1)C(=O)Nc1cccc(C)c1.